The van der Waals surface area contributed by atoms with Crippen LogP contribution in [0.25, 0.3) is 0 Å². The fraction of sp³-hybridized carbons (Fsp3) is 0.294. The summed E-state index contributed by atoms with van der Waals surface area (Å²) in [6.07, 6.45) is 1.71. The maximum Gasteiger partial charge on any atom is 0.126 e. The number of rotatable bonds is 5. The quantitative estimate of drug-likeness (QED) is 0.829. The van der Waals surface area contributed by atoms with Crippen molar-refractivity contribution in [2.45, 2.75) is 31.8 Å². The SMILES string of the molecule is CCCC(O)(Cc1cc(Br)ccc1F)c1ccccc1. The van der Waals surface area contributed by atoms with Gasteiger partial charge in [-0.05, 0) is 35.7 Å². The number of hydrogen-bond acceptors (Lipinski definition) is 1. The Hall–Kier alpha value is -1.19. The average Bonchev–Trinajstić information content (AvgIpc) is 2.44. The van der Waals surface area contributed by atoms with Crippen LogP contribution in [0.5, 0.6) is 0 Å². The zero-order chi connectivity index (χ0) is 14.6. The monoisotopic (exact) mass is 336 g/mol. The Morgan fingerprint density at radius 2 is 1.85 bits per heavy atom. The van der Waals surface area contributed by atoms with E-state index in [2.05, 4.69) is 15.9 Å². The zero-order valence-electron chi connectivity index (χ0n) is 11.4. The van der Waals surface area contributed by atoms with Crippen LogP contribution in [0.3, 0.4) is 0 Å². The van der Waals surface area contributed by atoms with Gasteiger partial charge in [0.25, 0.3) is 0 Å². The second-order valence-corrected chi connectivity index (χ2v) is 5.98. The van der Waals surface area contributed by atoms with Gasteiger partial charge in [0.15, 0.2) is 0 Å². The summed E-state index contributed by atoms with van der Waals surface area (Å²) in [4.78, 5) is 0. The van der Waals surface area contributed by atoms with Crippen LogP contribution in [0.15, 0.2) is 53.0 Å². The van der Waals surface area contributed by atoms with Crippen LogP contribution in [-0.2, 0) is 12.0 Å². The first-order valence-corrected chi connectivity index (χ1v) is 7.56. The van der Waals surface area contributed by atoms with Gasteiger partial charge in [-0.25, -0.2) is 4.39 Å². The van der Waals surface area contributed by atoms with Crippen LogP contribution < -0.4 is 0 Å². The van der Waals surface area contributed by atoms with Crippen molar-refractivity contribution in [3.63, 3.8) is 0 Å². The molecule has 20 heavy (non-hydrogen) atoms. The molecule has 0 aliphatic rings. The van der Waals surface area contributed by atoms with Crippen LogP contribution in [-0.4, -0.2) is 5.11 Å². The van der Waals surface area contributed by atoms with Crippen LogP contribution in [0.4, 0.5) is 4.39 Å². The second-order valence-electron chi connectivity index (χ2n) is 5.06. The van der Waals surface area contributed by atoms with E-state index in [1.165, 1.54) is 6.07 Å². The molecule has 106 valence electrons. The molecule has 0 amide bonds. The van der Waals surface area contributed by atoms with Crippen molar-refractivity contribution >= 4 is 15.9 Å². The van der Waals surface area contributed by atoms with E-state index in [0.29, 0.717) is 12.0 Å². The van der Waals surface area contributed by atoms with Crippen molar-refractivity contribution < 1.29 is 9.50 Å². The maximum atomic E-state index is 13.9. The van der Waals surface area contributed by atoms with Gasteiger partial charge in [0.2, 0.25) is 0 Å². The van der Waals surface area contributed by atoms with Gasteiger partial charge in [0.05, 0.1) is 5.60 Å². The molecule has 0 aliphatic carbocycles. The highest BCUT2D eigenvalue weighted by atomic mass is 79.9. The third kappa shape index (κ3) is 3.47. The lowest BCUT2D eigenvalue weighted by Crippen LogP contribution is -2.28. The van der Waals surface area contributed by atoms with Crippen LogP contribution in [0, 0.1) is 5.82 Å². The number of hydrogen-bond donors (Lipinski definition) is 1. The van der Waals surface area contributed by atoms with Crippen LogP contribution in [0.1, 0.15) is 30.9 Å². The highest BCUT2D eigenvalue weighted by Gasteiger charge is 2.29. The van der Waals surface area contributed by atoms with E-state index >= 15 is 0 Å². The molecule has 0 fully saturated rings. The number of benzene rings is 2. The molecule has 0 heterocycles. The van der Waals surface area contributed by atoms with Crippen molar-refractivity contribution in [3.8, 4) is 0 Å². The van der Waals surface area contributed by atoms with E-state index in [0.717, 1.165) is 16.5 Å². The fourth-order valence-corrected chi connectivity index (χ4v) is 2.90. The molecule has 1 N–H and O–H groups in total. The standard InChI is InChI=1S/C17H18BrFO/c1-2-10-17(20,14-6-4-3-5-7-14)12-13-11-15(18)8-9-16(13)19/h3-9,11,20H,2,10,12H2,1H3. The minimum atomic E-state index is -1.03. The van der Waals surface area contributed by atoms with Gasteiger partial charge in [0.1, 0.15) is 5.82 Å². The predicted octanol–water partition coefficient (Wildman–Crippen LogP) is 4.82. The van der Waals surface area contributed by atoms with Gasteiger partial charge in [0, 0.05) is 10.9 Å². The summed E-state index contributed by atoms with van der Waals surface area (Å²) in [6.45, 7) is 2.02. The smallest absolute Gasteiger partial charge is 0.126 e. The molecule has 1 nitrogen and oxygen atoms in total. The lowest BCUT2D eigenvalue weighted by Gasteiger charge is -2.29. The molecule has 2 aromatic carbocycles. The summed E-state index contributed by atoms with van der Waals surface area (Å²) in [5.41, 5.74) is 0.331. The first kappa shape index (κ1) is 15.2. The second kappa shape index (κ2) is 6.51. The third-order valence-electron chi connectivity index (χ3n) is 3.47. The Labute approximate surface area is 127 Å². The Morgan fingerprint density at radius 1 is 1.15 bits per heavy atom. The van der Waals surface area contributed by atoms with Crippen molar-refractivity contribution in [2.24, 2.45) is 0 Å². The summed E-state index contributed by atoms with van der Waals surface area (Å²) in [7, 11) is 0. The van der Waals surface area contributed by atoms with E-state index < -0.39 is 5.60 Å². The first-order valence-electron chi connectivity index (χ1n) is 6.77. The average molecular weight is 337 g/mol. The number of aliphatic hydroxyl groups is 1. The van der Waals surface area contributed by atoms with Gasteiger partial charge in [-0.15, -0.1) is 0 Å². The van der Waals surface area contributed by atoms with Gasteiger partial charge in [-0.2, -0.15) is 0 Å². The molecule has 0 aromatic heterocycles. The Balaban J connectivity index is 2.36. The number of halogens is 2. The van der Waals surface area contributed by atoms with Crippen molar-refractivity contribution in [3.05, 3.63) is 69.9 Å². The van der Waals surface area contributed by atoms with Gasteiger partial charge in [-0.1, -0.05) is 59.6 Å². The fourth-order valence-electron chi connectivity index (χ4n) is 2.49. The summed E-state index contributed by atoms with van der Waals surface area (Å²) in [5, 5.41) is 11.0. The van der Waals surface area contributed by atoms with E-state index in [-0.39, 0.29) is 12.2 Å². The largest absolute Gasteiger partial charge is 0.385 e. The zero-order valence-corrected chi connectivity index (χ0v) is 13.0. The molecule has 0 bridgehead atoms. The molecule has 2 rings (SSSR count). The summed E-state index contributed by atoms with van der Waals surface area (Å²) in [6, 6.07) is 14.3. The molecule has 3 heteroatoms. The normalized spacial score (nSPS) is 14.0. The molecule has 2 aromatic rings. The summed E-state index contributed by atoms with van der Waals surface area (Å²) < 4.78 is 14.7. The molecule has 0 radical (unpaired) electrons. The molecule has 0 aliphatic heterocycles. The molecular formula is C17H18BrFO. The summed E-state index contributed by atoms with van der Waals surface area (Å²) >= 11 is 3.35. The highest BCUT2D eigenvalue weighted by Crippen LogP contribution is 2.32. The molecule has 0 spiro atoms. The molecule has 0 saturated heterocycles. The lowest BCUT2D eigenvalue weighted by atomic mass is 9.83. The van der Waals surface area contributed by atoms with Gasteiger partial charge >= 0.3 is 0 Å². The Morgan fingerprint density at radius 3 is 2.50 bits per heavy atom. The molecule has 0 saturated carbocycles. The van der Waals surface area contributed by atoms with E-state index in [1.807, 2.05) is 37.3 Å². The van der Waals surface area contributed by atoms with Crippen molar-refractivity contribution in [1.82, 2.24) is 0 Å². The minimum Gasteiger partial charge on any atom is -0.385 e. The summed E-state index contributed by atoms with van der Waals surface area (Å²) in [5.74, 6) is -0.279. The molecule has 1 unspecified atom stereocenters. The topological polar surface area (TPSA) is 20.2 Å². The predicted molar refractivity (Wildman–Crippen MR) is 83.1 cm³/mol. The Kier molecular flexibility index (Phi) is 4.95. The highest BCUT2D eigenvalue weighted by molar-refractivity contribution is 9.10. The molecule has 1 atom stereocenters. The lowest BCUT2D eigenvalue weighted by molar-refractivity contribution is 0.0261. The van der Waals surface area contributed by atoms with E-state index in [4.69, 9.17) is 0 Å². The van der Waals surface area contributed by atoms with E-state index in [9.17, 15) is 9.50 Å². The third-order valence-corrected chi connectivity index (χ3v) is 3.96. The van der Waals surface area contributed by atoms with E-state index in [1.54, 1.807) is 12.1 Å². The minimum absolute atomic E-state index is 0.274. The van der Waals surface area contributed by atoms with Gasteiger partial charge in [-0.3, -0.25) is 0 Å². The van der Waals surface area contributed by atoms with Crippen LogP contribution in [0.2, 0.25) is 0 Å². The van der Waals surface area contributed by atoms with Crippen molar-refractivity contribution in [1.29, 1.82) is 0 Å². The Bertz CT molecular complexity index is 570. The van der Waals surface area contributed by atoms with Crippen LogP contribution >= 0.6 is 15.9 Å². The van der Waals surface area contributed by atoms with Crippen molar-refractivity contribution in [2.75, 3.05) is 0 Å². The maximum absolute atomic E-state index is 13.9. The molecular weight excluding hydrogens is 319 g/mol. The first-order chi connectivity index (χ1) is 9.55. The van der Waals surface area contributed by atoms with Gasteiger partial charge < -0.3 is 5.11 Å².